The summed E-state index contributed by atoms with van der Waals surface area (Å²) in [5, 5.41) is 3.36. The van der Waals surface area contributed by atoms with Crippen LogP contribution < -0.4 is 15.8 Å². The zero-order valence-electron chi connectivity index (χ0n) is 12.0. The largest absolute Gasteiger partial charge is 0.399 e. The van der Waals surface area contributed by atoms with E-state index < -0.39 is 10.0 Å². The zero-order chi connectivity index (χ0) is 14.8. The summed E-state index contributed by atoms with van der Waals surface area (Å²) in [5.41, 5.74) is 6.78. The molecule has 112 valence electrons. The molecule has 1 saturated carbocycles. The van der Waals surface area contributed by atoms with Gasteiger partial charge in [0.05, 0.1) is 5.69 Å². The highest BCUT2D eigenvalue weighted by Crippen LogP contribution is 2.35. The minimum Gasteiger partial charge on any atom is -0.399 e. The molecule has 1 atom stereocenters. The van der Waals surface area contributed by atoms with Crippen molar-refractivity contribution in [2.75, 3.05) is 18.1 Å². The van der Waals surface area contributed by atoms with E-state index in [1.165, 1.54) is 26.0 Å². The maximum atomic E-state index is 12.1. The van der Waals surface area contributed by atoms with Crippen molar-refractivity contribution in [2.45, 2.75) is 43.5 Å². The molecule has 0 heterocycles. The third kappa shape index (κ3) is 3.64. The minimum absolute atomic E-state index is 0.217. The highest BCUT2D eigenvalue weighted by Gasteiger charge is 2.26. The van der Waals surface area contributed by atoms with Gasteiger partial charge in [0, 0.05) is 11.7 Å². The first-order valence-corrected chi connectivity index (χ1v) is 8.54. The highest BCUT2D eigenvalue weighted by atomic mass is 32.2. The molecule has 0 bridgehead atoms. The van der Waals surface area contributed by atoms with E-state index in [9.17, 15) is 8.42 Å². The highest BCUT2D eigenvalue weighted by molar-refractivity contribution is 7.89. The van der Waals surface area contributed by atoms with E-state index in [-0.39, 0.29) is 4.90 Å². The van der Waals surface area contributed by atoms with E-state index in [4.69, 9.17) is 5.73 Å². The van der Waals surface area contributed by atoms with Gasteiger partial charge in [0.15, 0.2) is 0 Å². The van der Waals surface area contributed by atoms with Gasteiger partial charge in [-0.15, -0.1) is 0 Å². The number of nitrogens with one attached hydrogen (secondary N) is 2. The zero-order valence-corrected chi connectivity index (χ0v) is 12.8. The third-order valence-electron chi connectivity index (χ3n) is 3.73. The van der Waals surface area contributed by atoms with Crippen molar-refractivity contribution in [3.05, 3.63) is 18.2 Å². The molecule has 0 aromatic heterocycles. The number of hydrogen-bond donors (Lipinski definition) is 3. The topological polar surface area (TPSA) is 84.2 Å². The van der Waals surface area contributed by atoms with Gasteiger partial charge < -0.3 is 11.1 Å². The number of rotatable bonds is 7. The Morgan fingerprint density at radius 1 is 1.40 bits per heavy atom. The van der Waals surface area contributed by atoms with Crippen LogP contribution in [-0.2, 0) is 10.0 Å². The molecule has 0 radical (unpaired) electrons. The lowest BCUT2D eigenvalue weighted by atomic mass is 10.1. The molecule has 0 saturated heterocycles. The van der Waals surface area contributed by atoms with Crippen molar-refractivity contribution < 1.29 is 8.42 Å². The summed E-state index contributed by atoms with van der Waals surface area (Å²) < 4.78 is 26.5. The van der Waals surface area contributed by atoms with E-state index in [1.54, 1.807) is 12.1 Å². The number of sulfonamides is 1. The van der Waals surface area contributed by atoms with Gasteiger partial charge in [0.1, 0.15) is 4.90 Å². The van der Waals surface area contributed by atoms with Crippen molar-refractivity contribution in [1.82, 2.24) is 4.72 Å². The lowest BCUT2D eigenvalue weighted by Gasteiger charge is -2.20. The molecule has 1 unspecified atom stereocenters. The van der Waals surface area contributed by atoms with Crippen molar-refractivity contribution in [2.24, 2.45) is 5.92 Å². The Hall–Kier alpha value is -1.27. The SMILES string of the molecule is CCC(CC1CC1)Nc1ccc(N)cc1S(=O)(=O)NC. The van der Waals surface area contributed by atoms with Crippen LogP contribution in [-0.4, -0.2) is 21.5 Å². The summed E-state index contributed by atoms with van der Waals surface area (Å²) in [6.45, 7) is 2.11. The van der Waals surface area contributed by atoms with Gasteiger partial charge in [-0.25, -0.2) is 13.1 Å². The molecular weight excluding hydrogens is 274 g/mol. The molecule has 0 amide bonds. The molecule has 2 rings (SSSR count). The van der Waals surface area contributed by atoms with Crippen molar-refractivity contribution in [3.8, 4) is 0 Å². The van der Waals surface area contributed by atoms with Crippen LogP contribution in [0.1, 0.15) is 32.6 Å². The van der Waals surface area contributed by atoms with E-state index in [2.05, 4.69) is 17.0 Å². The van der Waals surface area contributed by atoms with Gasteiger partial charge in [-0.1, -0.05) is 19.8 Å². The Bertz CT molecular complexity index is 568. The summed E-state index contributed by atoms with van der Waals surface area (Å²) in [4.78, 5) is 0.217. The van der Waals surface area contributed by atoms with Crippen molar-refractivity contribution in [1.29, 1.82) is 0 Å². The molecule has 0 spiro atoms. The van der Waals surface area contributed by atoms with E-state index >= 15 is 0 Å². The van der Waals surface area contributed by atoms with E-state index in [1.807, 2.05) is 0 Å². The molecular formula is C14H23N3O2S. The second kappa shape index (κ2) is 6.01. The fourth-order valence-electron chi connectivity index (χ4n) is 2.29. The van der Waals surface area contributed by atoms with Gasteiger partial charge in [0.25, 0.3) is 0 Å². The number of nitrogens with two attached hydrogens (primary N) is 1. The van der Waals surface area contributed by atoms with Crippen LogP contribution in [0.3, 0.4) is 0 Å². The minimum atomic E-state index is -3.51. The maximum absolute atomic E-state index is 12.1. The van der Waals surface area contributed by atoms with E-state index in [0.717, 1.165) is 18.8 Å². The van der Waals surface area contributed by atoms with Gasteiger partial charge in [-0.3, -0.25) is 0 Å². The quantitative estimate of drug-likeness (QED) is 0.673. The molecule has 1 aliphatic rings. The number of nitrogen functional groups attached to an aromatic ring is 1. The second-order valence-electron chi connectivity index (χ2n) is 5.39. The Morgan fingerprint density at radius 2 is 2.10 bits per heavy atom. The van der Waals surface area contributed by atoms with Gasteiger partial charge in [-0.05, 0) is 44.0 Å². The number of benzene rings is 1. The summed E-state index contributed by atoms with van der Waals surface area (Å²) in [6, 6.07) is 5.27. The predicted molar refractivity (Wildman–Crippen MR) is 82.1 cm³/mol. The Labute approximate surface area is 121 Å². The summed E-state index contributed by atoms with van der Waals surface area (Å²) in [6.07, 6.45) is 4.66. The molecule has 4 N–H and O–H groups in total. The first-order chi connectivity index (χ1) is 9.46. The van der Waals surface area contributed by atoms with Crippen LogP contribution >= 0.6 is 0 Å². The van der Waals surface area contributed by atoms with Gasteiger partial charge >= 0.3 is 0 Å². The molecule has 1 aromatic carbocycles. The Kier molecular flexibility index (Phi) is 4.55. The van der Waals surface area contributed by atoms with Crippen LogP contribution in [0.15, 0.2) is 23.1 Å². The monoisotopic (exact) mass is 297 g/mol. The first-order valence-electron chi connectivity index (χ1n) is 7.06. The smallest absolute Gasteiger partial charge is 0.242 e. The Morgan fingerprint density at radius 3 is 2.65 bits per heavy atom. The van der Waals surface area contributed by atoms with Crippen LogP contribution in [0.2, 0.25) is 0 Å². The molecule has 1 aromatic rings. The van der Waals surface area contributed by atoms with Crippen molar-refractivity contribution >= 4 is 21.4 Å². The summed E-state index contributed by atoms with van der Waals surface area (Å²) in [7, 11) is -2.10. The molecule has 20 heavy (non-hydrogen) atoms. The fraction of sp³-hybridized carbons (Fsp3) is 0.571. The molecule has 5 nitrogen and oxygen atoms in total. The lowest BCUT2D eigenvalue weighted by molar-refractivity contribution is 0.580. The molecule has 1 fully saturated rings. The van der Waals surface area contributed by atoms with Crippen LogP contribution in [0.4, 0.5) is 11.4 Å². The standard InChI is InChI=1S/C14H23N3O2S/c1-3-12(8-10-4-5-10)17-13-7-6-11(15)9-14(13)20(18,19)16-2/h6-7,9-10,12,16-17H,3-5,8,15H2,1-2H3. The molecule has 6 heteroatoms. The Balaban J connectivity index is 2.25. The van der Waals surface area contributed by atoms with Crippen molar-refractivity contribution in [3.63, 3.8) is 0 Å². The van der Waals surface area contributed by atoms with Gasteiger partial charge in [0.2, 0.25) is 10.0 Å². The molecule has 0 aliphatic heterocycles. The normalized spacial score (nSPS) is 16.9. The average Bonchev–Trinajstić information content (AvgIpc) is 3.23. The summed E-state index contributed by atoms with van der Waals surface area (Å²) >= 11 is 0. The molecule has 1 aliphatic carbocycles. The van der Waals surface area contributed by atoms with Gasteiger partial charge in [-0.2, -0.15) is 0 Å². The average molecular weight is 297 g/mol. The second-order valence-corrected chi connectivity index (χ2v) is 7.25. The van der Waals surface area contributed by atoms with Crippen LogP contribution in [0.25, 0.3) is 0 Å². The van der Waals surface area contributed by atoms with Crippen LogP contribution in [0, 0.1) is 5.92 Å². The van der Waals surface area contributed by atoms with E-state index in [0.29, 0.717) is 17.4 Å². The number of hydrogen-bond acceptors (Lipinski definition) is 4. The lowest BCUT2D eigenvalue weighted by Crippen LogP contribution is -2.24. The predicted octanol–water partition coefficient (Wildman–Crippen LogP) is 2.17. The first kappa shape index (κ1) is 15.1. The fourth-order valence-corrected chi connectivity index (χ4v) is 3.22. The number of anilines is 2. The van der Waals surface area contributed by atoms with Crippen LogP contribution in [0.5, 0.6) is 0 Å². The third-order valence-corrected chi connectivity index (χ3v) is 5.19. The summed E-state index contributed by atoms with van der Waals surface area (Å²) in [5.74, 6) is 0.797. The maximum Gasteiger partial charge on any atom is 0.242 e.